The lowest BCUT2D eigenvalue weighted by molar-refractivity contribution is -0.119. The summed E-state index contributed by atoms with van der Waals surface area (Å²) < 4.78 is 0.923. The van der Waals surface area contributed by atoms with Gasteiger partial charge >= 0.3 is 0 Å². The van der Waals surface area contributed by atoms with Gasteiger partial charge < -0.3 is 5.32 Å². The molecule has 2 nitrogen and oxygen atoms in total. The number of rotatable bonds is 3. The third-order valence-electron chi connectivity index (χ3n) is 3.60. The number of hydrogen-bond acceptors (Lipinski definition) is 2. The van der Waals surface area contributed by atoms with Crippen molar-refractivity contribution in [2.45, 2.75) is 12.3 Å². The molecule has 0 amide bonds. The fourth-order valence-electron chi connectivity index (χ4n) is 2.55. The first-order valence-electron chi connectivity index (χ1n) is 6.44. The molecule has 1 atom stereocenters. The standard InChI is InChI=1S/C16H13BrClNO/c17-11-6-5-10(14(18)8-11)7-16(20)13-9-19-15-4-2-1-3-12(13)15/h1-6,8,13,19H,7,9H2. The Morgan fingerprint density at radius 1 is 1.30 bits per heavy atom. The lowest BCUT2D eigenvalue weighted by atomic mass is 9.93. The number of benzene rings is 2. The number of fused-ring (bicyclic) bond motifs is 1. The number of halogens is 2. The van der Waals surface area contributed by atoms with Crippen molar-refractivity contribution in [2.24, 2.45) is 0 Å². The highest BCUT2D eigenvalue weighted by molar-refractivity contribution is 9.10. The number of ketones is 1. The highest BCUT2D eigenvalue weighted by Crippen LogP contribution is 2.33. The smallest absolute Gasteiger partial charge is 0.146 e. The molecule has 0 spiro atoms. The average Bonchev–Trinajstić information content (AvgIpc) is 2.86. The predicted octanol–water partition coefficient (Wildman–Crippen LogP) is 4.42. The van der Waals surface area contributed by atoms with Gasteiger partial charge in [0.1, 0.15) is 5.78 Å². The van der Waals surface area contributed by atoms with E-state index >= 15 is 0 Å². The van der Waals surface area contributed by atoms with Crippen LogP contribution in [0.2, 0.25) is 5.02 Å². The van der Waals surface area contributed by atoms with E-state index in [0.717, 1.165) is 21.3 Å². The number of para-hydroxylation sites is 1. The van der Waals surface area contributed by atoms with Crippen LogP contribution in [0.4, 0.5) is 5.69 Å². The molecule has 2 aromatic rings. The van der Waals surface area contributed by atoms with Gasteiger partial charge in [-0.3, -0.25) is 4.79 Å². The van der Waals surface area contributed by atoms with Crippen LogP contribution in [-0.2, 0) is 11.2 Å². The monoisotopic (exact) mass is 349 g/mol. The van der Waals surface area contributed by atoms with Crippen LogP contribution in [0.1, 0.15) is 17.0 Å². The second-order valence-corrected chi connectivity index (χ2v) is 6.22. The van der Waals surface area contributed by atoms with Crippen LogP contribution in [0.15, 0.2) is 46.9 Å². The first kappa shape index (κ1) is 13.7. The fourth-order valence-corrected chi connectivity index (χ4v) is 3.29. The third-order valence-corrected chi connectivity index (χ3v) is 4.45. The van der Waals surface area contributed by atoms with Gasteiger partial charge in [0.15, 0.2) is 0 Å². The van der Waals surface area contributed by atoms with Gasteiger partial charge in [0.25, 0.3) is 0 Å². The number of carbonyl (C=O) groups excluding carboxylic acids is 1. The number of Topliss-reactive ketones (excluding diaryl/α,β-unsaturated/α-hetero) is 1. The zero-order valence-corrected chi connectivity index (χ0v) is 13.0. The second-order valence-electron chi connectivity index (χ2n) is 4.90. The highest BCUT2D eigenvalue weighted by atomic mass is 79.9. The minimum atomic E-state index is -0.0779. The summed E-state index contributed by atoms with van der Waals surface area (Å²) in [7, 11) is 0. The van der Waals surface area contributed by atoms with E-state index in [0.29, 0.717) is 18.0 Å². The van der Waals surface area contributed by atoms with Crippen LogP contribution < -0.4 is 5.32 Å². The molecule has 4 heteroatoms. The van der Waals surface area contributed by atoms with Gasteiger partial charge in [-0.2, -0.15) is 0 Å². The Balaban J connectivity index is 1.81. The molecule has 0 radical (unpaired) electrons. The maximum absolute atomic E-state index is 12.5. The van der Waals surface area contributed by atoms with Crippen LogP contribution in [-0.4, -0.2) is 12.3 Å². The summed E-state index contributed by atoms with van der Waals surface area (Å²) >= 11 is 9.55. The zero-order valence-electron chi connectivity index (χ0n) is 10.7. The molecule has 1 unspecified atom stereocenters. The molecule has 0 fully saturated rings. The summed E-state index contributed by atoms with van der Waals surface area (Å²) in [4.78, 5) is 12.5. The summed E-state index contributed by atoms with van der Waals surface area (Å²) in [6.07, 6.45) is 0.368. The van der Waals surface area contributed by atoms with Crippen molar-refractivity contribution in [3.63, 3.8) is 0 Å². The van der Waals surface area contributed by atoms with Gasteiger partial charge in [-0.15, -0.1) is 0 Å². The van der Waals surface area contributed by atoms with E-state index in [1.165, 1.54) is 0 Å². The topological polar surface area (TPSA) is 29.1 Å². The van der Waals surface area contributed by atoms with Gasteiger partial charge in [-0.05, 0) is 29.3 Å². The maximum atomic E-state index is 12.5. The average molecular weight is 351 g/mol. The number of hydrogen-bond donors (Lipinski definition) is 1. The minimum Gasteiger partial charge on any atom is -0.384 e. The van der Waals surface area contributed by atoms with Crippen molar-refractivity contribution in [3.05, 3.63) is 63.1 Å². The first-order chi connectivity index (χ1) is 9.65. The van der Waals surface area contributed by atoms with Crippen LogP contribution in [0.25, 0.3) is 0 Å². The zero-order chi connectivity index (χ0) is 14.1. The van der Waals surface area contributed by atoms with Gasteiger partial charge in [-0.1, -0.05) is 51.8 Å². The Hall–Kier alpha value is -1.32. The highest BCUT2D eigenvalue weighted by Gasteiger charge is 2.28. The lowest BCUT2D eigenvalue weighted by Crippen LogP contribution is -2.17. The molecule has 0 saturated heterocycles. The Kier molecular flexibility index (Phi) is 3.81. The van der Waals surface area contributed by atoms with E-state index in [1.54, 1.807) is 0 Å². The van der Waals surface area contributed by atoms with E-state index in [4.69, 9.17) is 11.6 Å². The van der Waals surface area contributed by atoms with Crippen molar-refractivity contribution in [1.82, 2.24) is 0 Å². The summed E-state index contributed by atoms with van der Waals surface area (Å²) in [5, 5.41) is 3.91. The van der Waals surface area contributed by atoms with E-state index in [9.17, 15) is 4.79 Å². The van der Waals surface area contributed by atoms with Crippen LogP contribution in [0.3, 0.4) is 0 Å². The number of anilines is 1. The molecule has 3 rings (SSSR count). The van der Waals surface area contributed by atoms with Crippen molar-refractivity contribution in [1.29, 1.82) is 0 Å². The van der Waals surface area contributed by atoms with Crippen LogP contribution in [0.5, 0.6) is 0 Å². The van der Waals surface area contributed by atoms with E-state index < -0.39 is 0 Å². The molecule has 0 saturated carbocycles. The molecule has 1 heterocycles. The normalized spacial score (nSPS) is 16.6. The van der Waals surface area contributed by atoms with Gasteiger partial charge in [0, 0.05) is 28.1 Å². The molecule has 0 aliphatic carbocycles. The van der Waals surface area contributed by atoms with E-state index in [2.05, 4.69) is 21.2 Å². The maximum Gasteiger partial charge on any atom is 0.146 e. The number of carbonyl (C=O) groups is 1. The molecule has 102 valence electrons. The van der Waals surface area contributed by atoms with Gasteiger partial charge in [0.2, 0.25) is 0 Å². The first-order valence-corrected chi connectivity index (χ1v) is 7.61. The van der Waals surface area contributed by atoms with Crippen LogP contribution in [0, 0.1) is 0 Å². The Labute approximate surface area is 131 Å². The van der Waals surface area contributed by atoms with Gasteiger partial charge in [-0.25, -0.2) is 0 Å². The lowest BCUT2D eigenvalue weighted by Gasteiger charge is -2.10. The number of nitrogens with one attached hydrogen (secondary N) is 1. The van der Waals surface area contributed by atoms with Crippen molar-refractivity contribution in [3.8, 4) is 0 Å². The van der Waals surface area contributed by atoms with Crippen molar-refractivity contribution < 1.29 is 4.79 Å². The predicted molar refractivity (Wildman–Crippen MR) is 85.5 cm³/mol. The molecule has 1 aliphatic heterocycles. The fraction of sp³-hybridized carbons (Fsp3) is 0.188. The molecule has 1 N–H and O–H groups in total. The summed E-state index contributed by atoms with van der Waals surface area (Å²) in [5.74, 6) is 0.123. The summed E-state index contributed by atoms with van der Waals surface area (Å²) in [5.41, 5.74) is 3.03. The Morgan fingerprint density at radius 3 is 2.90 bits per heavy atom. The molecule has 1 aliphatic rings. The molecule has 0 bridgehead atoms. The minimum absolute atomic E-state index is 0.0779. The summed E-state index contributed by atoms with van der Waals surface area (Å²) in [6, 6.07) is 13.6. The van der Waals surface area contributed by atoms with Gasteiger partial charge in [0.05, 0.1) is 5.92 Å². The Bertz CT molecular complexity index is 671. The molecule has 0 aromatic heterocycles. The third kappa shape index (κ3) is 2.60. The largest absolute Gasteiger partial charge is 0.384 e. The summed E-state index contributed by atoms with van der Waals surface area (Å²) in [6.45, 7) is 0.673. The SMILES string of the molecule is O=C(Cc1ccc(Br)cc1Cl)C1CNc2ccccc21. The molecule has 20 heavy (non-hydrogen) atoms. The van der Waals surface area contributed by atoms with E-state index in [-0.39, 0.29) is 11.7 Å². The Morgan fingerprint density at radius 2 is 2.10 bits per heavy atom. The second kappa shape index (κ2) is 5.58. The molecular formula is C16H13BrClNO. The van der Waals surface area contributed by atoms with Crippen LogP contribution >= 0.6 is 27.5 Å². The van der Waals surface area contributed by atoms with Crippen molar-refractivity contribution >= 4 is 39.0 Å². The van der Waals surface area contributed by atoms with E-state index in [1.807, 2.05) is 42.5 Å². The van der Waals surface area contributed by atoms with Crippen molar-refractivity contribution in [2.75, 3.05) is 11.9 Å². The molecular weight excluding hydrogens is 338 g/mol. The quantitative estimate of drug-likeness (QED) is 0.887. The molecule has 2 aromatic carbocycles.